The zero-order valence-electron chi connectivity index (χ0n) is 23.2. The summed E-state index contributed by atoms with van der Waals surface area (Å²) in [6.45, 7) is 13.5. The summed E-state index contributed by atoms with van der Waals surface area (Å²) in [6.07, 6.45) is 0. The number of ether oxygens (including phenoxy) is 2. The lowest BCUT2D eigenvalue weighted by Crippen LogP contribution is -2.46. The lowest BCUT2D eigenvalue weighted by molar-refractivity contribution is 0.0990. The molecule has 0 aliphatic carbocycles. The molecule has 1 atom stereocenters. The highest BCUT2D eigenvalue weighted by Gasteiger charge is 2.35. The van der Waals surface area contributed by atoms with Crippen LogP contribution in [-0.2, 0) is 14.8 Å². The van der Waals surface area contributed by atoms with Crippen molar-refractivity contribution >= 4 is 8.30 Å². The standard InChI is InChI=1S/C31H43N2O3P/c1-25(2)33(26(3)4)37(6)36-24-23-35-22-21-32-31(27-13-9-7-10-14-27,28-15-11-8-12-16-28)29-17-19-30(34-5)20-18-29/h7-20,25-26,32H,21-24H2,1-6H3. The predicted octanol–water partition coefficient (Wildman–Crippen LogP) is 6.67. The number of hydrogen-bond acceptors (Lipinski definition) is 5. The molecule has 1 N–H and O–H groups in total. The second kappa shape index (κ2) is 14.6. The molecule has 6 heteroatoms. The molecule has 3 aromatic rings. The van der Waals surface area contributed by atoms with Gasteiger partial charge in [-0.1, -0.05) is 72.8 Å². The minimum absolute atomic E-state index is 0.461. The van der Waals surface area contributed by atoms with Crippen LogP contribution in [0.1, 0.15) is 44.4 Å². The van der Waals surface area contributed by atoms with Crippen molar-refractivity contribution in [1.82, 2.24) is 9.99 Å². The molecule has 0 heterocycles. The van der Waals surface area contributed by atoms with Crippen molar-refractivity contribution in [2.24, 2.45) is 0 Å². The van der Waals surface area contributed by atoms with Crippen LogP contribution in [0.15, 0.2) is 84.9 Å². The Morgan fingerprint density at radius 3 is 1.73 bits per heavy atom. The van der Waals surface area contributed by atoms with Gasteiger partial charge in [-0.05, 0) is 63.2 Å². The molecular formula is C31H43N2O3P. The Hall–Kier alpha value is -2.27. The van der Waals surface area contributed by atoms with Gasteiger partial charge in [-0.3, -0.25) is 9.99 Å². The van der Waals surface area contributed by atoms with Crippen molar-refractivity contribution in [3.05, 3.63) is 102 Å². The first kappa shape index (κ1) is 29.3. The molecular weight excluding hydrogens is 479 g/mol. The third-order valence-corrected chi connectivity index (χ3v) is 8.59. The normalized spacial score (nSPS) is 12.9. The Morgan fingerprint density at radius 2 is 1.24 bits per heavy atom. The van der Waals surface area contributed by atoms with Crippen LogP contribution >= 0.6 is 8.30 Å². The maximum absolute atomic E-state index is 6.14. The minimum Gasteiger partial charge on any atom is -0.497 e. The van der Waals surface area contributed by atoms with E-state index in [1.807, 2.05) is 12.1 Å². The van der Waals surface area contributed by atoms with Gasteiger partial charge < -0.3 is 14.0 Å². The van der Waals surface area contributed by atoms with E-state index in [1.165, 1.54) is 11.1 Å². The smallest absolute Gasteiger partial charge is 0.118 e. The number of rotatable bonds is 15. The van der Waals surface area contributed by atoms with Crippen LogP contribution in [0.4, 0.5) is 0 Å². The van der Waals surface area contributed by atoms with E-state index in [1.54, 1.807) is 7.11 Å². The van der Waals surface area contributed by atoms with Gasteiger partial charge in [-0.25, -0.2) is 0 Å². The van der Waals surface area contributed by atoms with E-state index in [2.05, 4.69) is 117 Å². The van der Waals surface area contributed by atoms with Crippen LogP contribution in [0.25, 0.3) is 0 Å². The van der Waals surface area contributed by atoms with Gasteiger partial charge in [0.15, 0.2) is 0 Å². The SMILES string of the molecule is COc1ccc(C(NCCOCCOP(C)N(C(C)C)C(C)C)(c2ccccc2)c2ccccc2)cc1. The van der Waals surface area contributed by atoms with Crippen molar-refractivity contribution in [3.8, 4) is 5.75 Å². The fourth-order valence-corrected chi connectivity index (χ4v) is 6.75. The molecule has 0 radical (unpaired) electrons. The van der Waals surface area contributed by atoms with E-state index >= 15 is 0 Å². The van der Waals surface area contributed by atoms with Crippen molar-refractivity contribution < 1.29 is 14.0 Å². The summed E-state index contributed by atoms with van der Waals surface area (Å²) in [5.41, 5.74) is 2.97. The molecule has 37 heavy (non-hydrogen) atoms. The Morgan fingerprint density at radius 1 is 0.730 bits per heavy atom. The van der Waals surface area contributed by atoms with Gasteiger partial charge in [0.25, 0.3) is 0 Å². The molecule has 1 unspecified atom stereocenters. The van der Waals surface area contributed by atoms with Crippen LogP contribution in [0.3, 0.4) is 0 Å². The average Bonchev–Trinajstić information content (AvgIpc) is 2.91. The summed E-state index contributed by atoms with van der Waals surface area (Å²) < 4.78 is 20.0. The molecule has 0 spiro atoms. The van der Waals surface area contributed by atoms with E-state index in [-0.39, 0.29) is 0 Å². The fourth-order valence-electron chi connectivity index (χ4n) is 4.98. The predicted molar refractivity (Wildman–Crippen MR) is 155 cm³/mol. The molecule has 3 rings (SSSR count). The molecule has 0 bridgehead atoms. The minimum atomic E-state index is -0.634. The first-order valence-corrected chi connectivity index (χ1v) is 14.8. The maximum atomic E-state index is 6.14. The summed E-state index contributed by atoms with van der Waals surface area (Å²) in [6, 6.07) is 30.4. The topological polar surface area (TPSA) is 43.0 Å². The zero-order chi connectivity index (χ0) is 26.7. The molecule has 0 aliphatic rings. The van der Waals surface area contributed by atoms with Crippen molar-refractivity contribution in [2.45, 2.75) is 45.3 Å². The van der Waals surface area contributed by atoms with Crippen LogP contribution in [0, 0.1) is 0 Å². The van der Waals surface area contributed by atoms with Gasteiger partial charge in [0.05, 0.1) is 32.5 Å². The number of benzene rings is 3. The molecule has 0 aliphatic heterocycles. The fraction of sp³-hybridized carbons (Fsp3) is 0.419. The van der Waals surface area contributed by atoms with Crippen molar-refractivity contribution in [3.63, 3.8) is 0 Å². The molecule has 0 aromatic heterocycles. The zero-order valence-corrected chi connectivity index (χ0v) is 24.1. The van der Waals surface area contributed by atoms with Crippen LogP contribution in [0.5, 0.6) is 5.75 Å². The average molecular weight is 523 g/mol. The van der Waals surface area contributed by atoms with Crippen LogP contribution in [-0.4, -0.2) is 56.9 Å². The summed E-state index contributed by atoms with van der Waals surface area (Å²) in [5, 5.41) is 3.86. The Bertz CT molecular complexity index is 982. The van der Waals surface area contributed by atoms with Crippen molar-refractivity contribution in [2.75, 3.05) is 40.1 Å². The van der Waals surface area contributed by atoms with E-state index in [0.717, 1.165) is 11.3 Å². The Labute approximate surface area is 225 Å². The molecule has 0 saturated heterocycles. The maximum Gasteiger partial charge on any atom is 0.118 e. The highest BCUT2D eigenvalue weighted by atomic mass is 31.2. The molecule has 5 nitrogen and oxygen atoms in total. The Balaban J connectivity index is 1.71. The highest BCUT2D eigenvalue weighted by molar-refractivity contribution is 7.49. The van der Waals surface area contributed by atoms with Crippen molar-refractivity contribution in [1.29, 1.82) is 0 Å². The lowest BCUT2D eigenvalue weighted by Gasteiger charge is -2.37. The quantitative estimate of drug-likeness (QED) is 0.137. The lowest BCUT2D eigenvalue weighted by atomic mass is 9.77. The first-order chi connectivity index (χ1) is 17.9. The second-order valence-corrected chi connectivity index (χ2v) is 11.3. The van der Waals surface area contributed by atoms with Gasteiger partial charge >= 0.3 is 0 Å². The van der Waals surface area contributed by atoms with E-state index in [9.17, 15) is 0 Å². The van der Waals surface area contributed by atoms with E-state index < -0.39 is 13.8 Å². The Kier molecular flexibility index (Phi) is 11.6. The van der Waals surface area contributed by atoms with E-state index in [0.29, 0.717) is 38.4 Å². The van der Waals surface area contributed by atoms with Crippen LogP contribution < -0.4 is 10.1 Å². The van der Waals surface area contributed by atoms with Gasteiger partial charge in [-0.15, -0.1) is 0 Å². The van der Waals surface area contributed by atoms with Gasteiger partial charge in [-0.2, -0.15) is 0 Å². The molecule has 0 amide bonds. The molecule has 0 saturated carbocycles. The molecule has 0 fully saturated rings. The van der Waals surface area contributed by atoms with Crippen LogP contribution in [0.2, 0.25) is 0 Å². The summed E-state index contributed by atoms with van der Waals surface area (Å²) >= 11 is 0. The summed E-state index contributed by atoms with van der Waals surface area (Å²) in [5.74, 6) is 0.839. The number of nitrogens with zero attached hydrogens (tertiary/aromatic N) is 1. The summed E-state index contributed by atoms with van der Waals surface area (Å²) in [4.78, 5) is 0. The first-order valence-electron chi connectivity index (χ1n) is 13.1. The number of methoxy groups -OCH3 is 1. The molecule has 3 aromatic carbocycles. The van der Waals surface area contributed by atoms with E-state index in [4.69, 9.17) is 14.0 Å². The monoisotopic (exact) mass is 522 g/mol. The third-order valence-electron chi connectivity index (χ3n) is 6.46. The molecule has 200 valence electrons. The van der Waals surface area contributed by atoms with Gasteiger partial charge in [0.1, 0.15) is 14.0 Å². The highest BCUT2D eigenvalue weighted by Crippen LogP contribution is 2.41. The van der Waals surface area contributed by atoms with Gasteiger partial charge in [0, 0.05) is 18.6 Å². The third kappa shape index (κ3) is 7.63. The number of nitrogens with one attached hydrogen (secondary N) is 1. The second-order valence-electron chi connectivity index (χ2n) is 9.61. The largest absolute Gasteiger partial charge is 0.497 e. The van der Waals surface area contributed by atoms with Gasteiger partial charge in [0.2, 0.25) is 0 Å². The number of hydrogen-bond donors (Lipinski definition) is 1. The summed E-state index contributed by atoms with van der Waals surface area (Å²) in [7, 11) is 1.06.